The van der Waals surface area contributed by atoms with Gasteiger partial charge in [0.05, 0.1) is 15.9 Å². The highest BCUT2D eigenvalue weighted by Gasteiger charge is 2.24. The average Bonchev–Trinajstić information content (AvgIpc) is 2.25. The third-order valence-electron chi connectivity index (χ3n) is 1.89. The maximum atomic E-state index is 13.2. The van der Waals surface area contributed by atoms with E-state index in [1.807, 2.05) is 0 Å². The molecule has 0 spiro atoms. The second-order valence-corrected chi connectivity index (χ2v) is 3.43. The topological polar surface area (TPSA) is 98.3 Å². The van der Waals surface area contributed by atoms with Crippen molar-refractivity contribution in [2.75, 3.05) is 17.6 Å². The first kappa shape index (κ1) is 13.2. The fraction of sp³-hybridized carbons (Fsp3) is 0.250. The van der Waals surface area contributed by atoms with Crippen LogP contribution in [0.3, 0.4) is 0 Å². The first-order chi connectivity index (χ1) is 7.97. The maximum Gasteiger partial charge on any atom is 0.311 e. The van der Waals surface area contributed by atoms with Gasteiger partial charge in [-0.05, 0) is 0 Å². The van der Waals surface area contributed by atoms with Gasteiger partial charge in [0.1, 0.15) is 5.69 Å². The Kier molecular flexibility index (Phi) is 4.21. The van der Waals surface area contributed by atoms with E-state index >= 15 is 0 Å². The van der Waals surface area contributed by atoms with Gasteiger partial charge in [-0.2, -0.15) is 17.0 Å². The number of hydrogen-bond donors (Lipinski definition) is 2. The Morgan fingerprint density at radius 1 is 1.24 bits per heavy atom. The summed E-state index contributed by atoms with van der Waals surface area (Å²) in [4.78, 5) is 19.3. The van der Waals surface area contributed by atoms with E-state index in [1.54, 1.807) is 0 Å². The molecule has 9 heteroatoms. The van der Waals surface area contributed by atoms with Gasteiger partial charge in [-0.15, -0.1) is 0 Å². The van der Waals surface area contributed by atoms with Crippen LogP contribution in [0.25, 0.3) is 0 Å². The van der Waals surface area contributed by atoms with Crippen molar-refractivity contribution in [2.24, 2.45) is 0 Å². The Balaban J connectivity index is 3.25. The number of anilines is 1. The summed E-state index contributed by atoms with van der Waals surface area (Å²) in [7, 11) is 0. The molecule has 0 saturated heterocycles. The second kappa shape index (κ2) is 5.43. The van der Waals surface area contributed by atoms with Crippen LogP contribution in [0.2, 0.25) is 0 Å². The number of nitro benzene ring substituents is 2. The van der Waals surface area contributed by atoms with E-state index in [1.165, 1.54) is 0 Å². The summed E-state index contributed by atoms with van der Waals surface area (Å²) in [6.45, 7) is 0.279. The minimum absolute atomic E-state index is 0.104. The molecule has 0 saturated carbocycles. The lowest BCUT2D eigenvalue weighted by molar-refractivity contribution is -0.395. The van der Waals surface area contributed by atoms with Crippen molar-refractivity contribution in [1.82, 2.24) is 0 Å². The molecule has 1 aromatic rings. The lowest BCUT2D eigenvalue weighted by atomic mass is 10.2. The molecule has 1 N–H and O–H groups in total. The summed E-state index contributed by atoms with van der Waals surface area (Å²) in [5, 5.41) is 23.7. The summed E-state index contributed by atoms with van der Waals surface area (Å²) in [6.07, 6.45) is 0. The number of nitrogens with zero attached hydrogens (tertiary/aromatic N) is 2. The Morgan fingerprint density at radius 2 is 1.82 bits per heavy atom. The lowest BCUT2D eigenvalue weighted by Gasteiger charge is -2.05. The molecule has 0 aliphatic rings. The molecule has 0 bridgehead atoms. The third kappa shape index (κ3) is 3.03. The van der Waals surface area contributed by atoms with Gasteiger partial charge in [0.15, 0.2) is 0 Å². The first-order valence-electron chi connectivity index (χ1n) is 4.44. The Hall–Kier alpha value is -1.90. The molecule has 1 rings (SSSR count). The van der Waals surface area contributed by atoms with Crippen molar-refractivity contribution in [3.05, 3.63) is 38.2 Å². The van der Waals surface area contributed by atoms with Gasteiger partial charge in [0.25, 0.3) is 5.69 Å². The number of nitrogens with one attached hydrogen (secondary N) is 1. The van der Waals surface area contributed by atoms with Crippen LogP contribution in [-0.4, -0.2) is 22.1 Å². The number of hydrogen-bond acceptors (Lipinski definition) is 6. The van der Waals surface area contributed by atoms with Crippen molar-refractivity contribution in [3.63, 3.8) is 0 Å². The number of thiol groups is 1. The first-order valence-corrected chi connectivity index (χ1v) is 5.07. The molecule has 0 radical (unpaired) electrons. The van der Waals surface area contributed by atoms with Crippen molar-refractivity contribution in [1.29, 1.82) is 0 Å². The average molecular weight is 261 g/mol. The molecule has 0 aliphatic carbocycles. The van der Waals surface area contributed by atoms with E-state index in [9.17, 15) is 24.6 Å². The van der Waals surface area contributed by atoms with E-state index in [-0.39, 0.29) is 12.2 Å². The van der Waals surface area contributed by atoms with Crippen molar-refractivity contribution in [2.45, 2.75) is 0 Å². The second-order valence-electron chi connectivity index (χ2n) is 2.99. The molecule has 0 unspecified atom stereocenters. The smallest absolute Gasteiger partial charge is 0.311 e. The SMILES string of the molecule is O=[N+]([O-])c1cc([N+](=O)[O-])c(NCCS)cc1F. The van der Waals surface area contributed by atoms with Crippen LogP contribution < -0.4 is 5.32 Å². The molecular formula is C8H8FN3O4S. The Labute approximate surface area is 100 Å². The number of benzene rings is 1. The molecule has 1 aromatic carbocycles. The van der Waals surface area contributed by atoms with Crippen molar-refractivity contribution < 1.29 is 14.2 Å². The number of nitro groups is 2. The van der Waals surface area contributed by atoms with Gasteiger partial charge in [-0.3, -0.25) is 20.2 Å². The summed E-state index contributed by atoms with van der Waals surface area (Å²) in [5.41, 5.74) is -1.57. The minimum Gasteiger partial charge on any atom is -0.379 e. The highest BCUT2D eigenvalue weighted by atomic mass is 32.1. The molecular weight excluding hydrogens is 253 g/mol. The maximum absolute atomic E-state index is 13.2. The summed E-state index contributed by atoms with van der Waals surface area (Å²) in [6, 6.07) is 1.33. The molecule has 0 heterocycles. The van der Waals surface area contributed by atoms with Crippen LogP contribution in [0, 0.1) is 26.0 Å². The standard InChI is InChI=1S/C8H8FN3O4S/c9-5-3-6(10-1-2-17)8(12(15)16)4-7(5)11(13)14/h3-4,10,17H,1-2H2. The van der Waals surface area contributed by atoms with Crippen LogP contribution in [-0.2, 0) is 0 Å². The normalized spacial score (nSPS) is 10.0. The molecule has 92 valence electrons. The largest absolute Gasteiger partial charge is 0.379 e. The van der Waals surface area contributed by atoms with Gasteiger partial charge in [0, 0.05) is 18.4 Å². The van der Waals surface area contributed by atoms with E-state index in [4.69, 9.17) is 0 Å². The molecule has 0 aromatic heterocycles. The van der Waals surface area contributed by atoms with Gasteiger partial charge in [-0.1, -0.05) is 0 Å². The van der Waals surface area contributed by atoms with Gasteiger partial charge in [0.2, 0.25) is 5.82 Å². The van der Waals surface area contributed by atoms with Crippen LogP contribution in [0.5, 0.6) is 0 Å². The van der Waals surface area contributed by atoms with E-state index in [0.29, 0.717) is 11.8 Å². The summed E-state index contributed by atoms with van der Waals surface area (Å²) >= 11 is 3.88. The molecule has 0 amide bonds. The van der Waals surface area contributed by atoms with Crippen molar-refractivity contribution in [3.8, 4) is 0 Å². The number of halogens is 1. The predicted octanol–water partition coefficient (Wildman–Crippen LogP) is 1.98. The van der Waals surface area contributed by atoms with Gasteiger partial charge < -0.3 is 5.32 Å². The van der Waals surface area contributed by atoms with Gasteiger partial charge in [-0.25, -0.2) is 0 Å². The Morgan fingerprint density at radius 3 is 2.29 bits per heavy atom. The zero-order valence-corrected chi connectivity index (χ0v) is 9.32. The van der Waals surface area contributed by atoms with E-state index < -0.39 is 27.0 Å². The zero-order valence-electron chi connectivity index (χ0n) is 8.42. The lowest BCUT2D eigenvalue weighted by Crippen LogP contribution is -2.06. The quantitative estimate of drug-likeness (QED) is 0.479. The molecule has 7 nitrogen and oxygen atoms in total. The highest BCUT2D eigenvalue weighted by Crippen LogP contribution is 2.31. The zero-order chi connectivity index (χ0) is 13.0. The Bertz CT molecular complexity index is 468. The van der Waals surface area contributed by atoms with E-state index in [0.717, 1.165) is 6.07 Å². The molecule has 0 atom stereocenters. The molecule has 0 fully saturated rings. The summed E-state index contributed by atoms with van der Waals surface area (Å²) in [5.74, 6) is -0.738. The van der Waals surface area contributed by atoms with Crippen molar-refractivity contribution >= 4 is 29.7 Å². The third-order valence-corrected chi connectivity index (χ3v) is 2.11. The van der Waals surface area contributed by atoms with Gasteiger partial charge >= 0.3 is 5.69 Å². The highest BCUT2D eigenvalue weighted by molar-refractivity contribution is 7.80. The molecule has 17 heavy (non-hydrogen) atoms. The summed E-state index contributed by atoms with van der Waals surface area (Å²) < 4.78 is 13.2. The van der Waals surface area contributed by atoms with Crippen LogP contribution in [0.1, 0.15) is 0 Å². The van der Waals surface area contributed by atoms with Crippen LogP contribution in [0.15, 0.2) is 12.1 Å². The monoisotopic (exact) mass is 261 g/mol. The van der Waals surface area contributed by atoms with E-state index in [2.05, 4.69) is 17.9 Å². The fourth-order valence-electron chi connectivity index (χ4n) is 1.17. The number of rotatable bonds is 5. The van der Waals surface area contributed by atoms with Crippen LogP contribution in [0.4, 0.5) is 21.5 Å². The molecule has 0 aliphatic heterocycles. The fourth-order valence-corrected chi connectivity index (χ4v) is 1.29. The minimum atomic E-state index is -1.12. The van der Waals surface area contributed by atoms with Crippen LogP contribution >= 0.6 is 12.6 Å². The predicted molar refractivity (Wildman–Crippen MR) is 62.1 cm³/mol.